The van der Waals surface area contributed by atoms with E-state index in [1.165, 1.54) is 11.8 Å². The summed E-state index contributed by atoms with van der Waals surface area (Å²) in [6.07, 6.45) is 0. The Bertz CT molecular complexity index is 365. The van der Waals surface area contributed by atoms with Crippen LogP contribution in [-0.2, 0) is 4.84 Å². The first-order valence-electron chi connectivity index (χ1n) is 4.89. The monoisotopic (exact) mass is 237 g/mol. The zero-order valence-electron chi connectivity index (χ0n) is 9.14. The van der Waals surface area contributed by atoms with E-state index in [1.54, 1.807) is 0 Å². The molecule has 0 saturated carbocycles. The third-order valence-corrected chi connectivity index (χ3v) is 2.51. The molecule has 0 aliphatic rings. The zero-order valence-corrected chi connectivity index (χ0v) is 9.96. The van der Waals surface area contributed by atoms with E-state index >= 15 is 0 Å². The second-order valence-electron chi connectivity index (χ2n) is 3.09. The first-order chi connectivity index (χ1) is 7.70. The van der Waals surface area contributed by atoms with Crippen molar-refractivity contribution in [1.29, 1.82) is 5.41 Å². The molecule has 3 N–H and O–H groups in total. The maximum Gasteiger partial charge on any atom is 0.151 e. The Balaban J connectivity index is 2.32. The molecule has 5 heteroatoms. The van der Waals surface area contributed by atoms with Gasteiger partial charge < -0.3 is 10.6 Å². The number of nitrogens with two attached hydrogens (primary N) is 1. The van der Waals surface area contributed by atoms with Crippen molar-refractivity contribution in [2.45, 2.75) is 6.92 Å². The number of hydrogen-bond acceptors (Lipinski definition) is 4. The number of thioether (sulfide) groups is 1. The Morgan fingerprint density at radius 3 is 2.75 bits per heavy atom. The fourth-order valence-electron chi connectivity index (χ4n) is 1.06. The van der Waals surface area contributed by atoms with E-state index in [0.29, 0.717) is 12.4 Å². The third kappa shape index (κ3) is 4.84. The lowest BCUT2D eigenvalue weighted by atomic mass is 10.1. The highest BCUT2D eigenvalue weighted by Crippen LogP contribution is 2.02. The van der Waals surface area contributed by atoms with Gasteiger partial charge in [-0.1, -0.05) is 47.2 Å². The van der Waals surface area contributed by atoms with E-state index < -0.39 is 0 Å². The molecule has 0 bridgehead atoms. The molecule has 0 spiro atoms. The van der Waals surface area contributed by atoms with Crippen molar-refractivity contribution in [2.24, 2.45) is 10.9 Å². The average molecular weight is 237 g/mol. The molecule has 0 saturated heterocycles. The van der Waals surface area contributed by atoms with Crippen LogP contribution in [0.3, 0.4) is 0 Å². The van der Waals surface area contributed by atoms with Crippen LogP contribution in [0, 0.1) is 5.41 Å². The highest BCUT2D eigenvalue weighted by Gasteiger charge is 1.96. The SMILES string of the molecule is CC(=NOCCSC(=N)N)c1ccccc1. The molecule has 0 atom stereocenters. The number of benzene rings is 1. The second kappa shape index (κ2) is 6.90. The van der Waals surface area contributed by atoms with Crippen molar-refractivity contribution in [1.82, 2.24) is 0 Å². The number of rotatable bonds is 5. The van der Waals surface area contributed by atoms with Gasteiger partial charge in [0.15, 0.2) is 5.17 Å². The van der Waals surface area contributed by atoms with Crippen LogP contribution in [0.5, 0.6) is 0 Å². The average Bonchev–Trinajstić information content (AvgIpc) is 2.29. The normalized spacial score (nSPS) is 11.2. The molecule has 1 rings (SSSR count). The quantitative estimate of drug-likeness (QED) is 0.356. The summed E-state index contributed by atoms with van der Waals surface area (Å²) in [5, 5.41) is 11.1. The topological polar surface area (TPSA) is 71.5 Å². The Hall–Kier alpha value is -1.49. The van der Waals surface area contributed by atoms with Crippen molar-refractivity contribution in [3.8, 4) is 0 Å². The molecule has 0 unspecified atom stereocenters. The summed E-state index contributed by atoms with van der Waals surface area (Å²) in [6.45, 7) is 2.35. The molecule has 0 fully saturated rings. The largest absolute Gasteiger partial charge is 0.395 e. The van der Waals surface area contributed by atoms with Gasteiger partial charge >= 0.3 is 0 Å². The van der Waals surface area contributed by atoms with Gasteiger partial charge in [0.25, 0.3) is 0 Å². The summed E-state index contributed by atoms with van der Waals surface area (Å²) >= 11 is 1.25. The molecule has 86 valence electrons. The fraction of sp³-hybridized carbons (Fsp3) is 0.273. The van der Waals surface area contributed by atoms with Crippen LogP contribution < -0.4 is 5.73 Å². The van der Waals surface area contributed by atoms with Gasteiger partial charge in [0.2, 0.25) is 0 Å². The summed E-state index contributed by atoms with van der Waals surface area (Å²) in [7, 11) is 0. The molecule has 0 aliphatic carbocycles. The summed E-state index contributed by atoms with van der Waals surface area (Å²) < 4.78 is 0. The van der Waals surface area contributed by atoms with Gasteiger partial charge in [-0.05, 0) is 12.5 Å². The number of nitrogens with zero attached hydrogens (tertiary/aromatic N) is 1. The molecule has 1 aromatic carbocycles. The van der Waals surface area contributed by atoms with Crippen molar-refractivity contribution in [2.75, 3.05) is 12.4 Å². The highest BCUT2D eigenvalue weighted by molar-refractivity contribution is 8.13. The van der Waals surface area contributed by atoms with Crippen molar-refractivity contribution in [3.05, 3.63) is 35.9 Å². The summed E-state index contributed by atoms with van der Waals surface area (Å²) in [5.41, 5.74) is 7.06. The van der Waals surface area contributed by atoms with Gasteiger partial charge in [-0.3, -0.25) is 5.41 Å². The third-order valence-electron chi connectivity index (χ3n) is 1.83. The molecule has 16 heavy (non-hydrogen) atoms. The van der Waals surface area contributed by atoms with Gasteiger partial charge in [-0.25, -0.2) is 0 Å². The summed E-state index contributed by atoms with van der Waals surface area (Å²) in [4.78, 5) is 5.12. The number of oxime groups is 1. The Labute approximate surface area is 99.4 Å². The van der Waals surface area contributed by atoms with Crippen LogP contribution in [0.15, 0.2) is 35.5 Å². The lowest BCUT2D eigenvalue weighted by Crippen LogP contribution is -2.06. The van der Waals surface area contributed by atoms with Gasteiger partial charge in [0, 0.05) is 5.75 Å². The molecule has 0 heterocycles. The van der Waals surface area contributed by atoms with E-state index in [-0.39, 0.29) is 5.17 Å². The van der Waals surface area contributed by atoms with Gasteiger partial charge in [0.1, 0.15) is 6.61 Å². The number of nitrogens with one attached hydrogen (secondary N) is 1. The minimum absolute atomic E-state index is 0.104. The van der Waals surface area contributed by atoms with Crippen LogP contribution in [0.1, 0.15) is 12.5 Å². The molecule has 0 aliphatic heterocycles. The lowest BCUT2D eigenvalue weighted by molar-refractivity contribution is 0.161. The molecule has 0 aromatic heterocycles. The van der Waals surface area contributed by atoms with Crippen LogP contribution in [-0.4, -0.2) is 23.2 Å². The van der Waals surface area contributed by atoms with Gasteiger partial charge in [-0.15, -0.1) is 0 Å². The van der Waals surface area contributed by atoms with Crippen LogP contribution in [0.4, 0.5) is 0 Å². The van der Waals surface area contributed by atoms with Crippen molar-refractivity contribution < 1.29 is 4.84 Å². The van der Waals surface area contributed by atoms with Crippen LogP contribution >= 0.6 is 11.8 Å². The standard InChI is InChI=1S/C11H15N3OS/c1-9(10-5-3-2-4-6-10)14-15-7-8-16-11(12)13/h2-6H,7-8H2,1H3,(H3,12,13). The van der Waals surface area contributed by atoms with E-state index in [0.717, 1.165) is 11.3 Å². The van der Waals surface area contributed by atoms with E-state index in [9.17, 15) is 0 Å². The maximum atomic E-state index is 7.00. The molecule has 0 radical (unpaired) electrons. The van der Waals surface area contributed by atoms with Gasteiger partial charge in [-0.2, -0.15) is 0 Å². The van der Waals surface area contributed by atoms with Gasteiger partial charge in [0.05, 0.1) is 5.71 Å². The minimum Gasteiger partial charge on any atom is -0.395 e. The fourth-order valence-corrected chi connectivity index (χ4v) is 1.44. The van der Waals surface area contributed by atoms with Crippen molar-refractivity contribution >= 4 is 22.6 Å². The predicted molar refractivity (Wildman–Crippen MR) is 69.0 cm³/mol. The maximum absolute atomic E-state index is 7.00. The molecule has 1 aromatic rings. The second-order valence-corrected chi connectivity index (χ2v) is 4.23. The molecular formula is C11H15N3OS. The minimum atomic E-state index is 0.104. The number of amidine groups is 1. The van der Waals surface area contributed by atoms with E-state index in [2.05, 4.69) is 5.16 Å². The van der Waals surface area contributed by atoms with Crippen LogP contribution in [0.25, 0.3) is 0 Å². The van der Waals surface area contributed by atoms with E-state index in [4.69, 9.17) is 16.0 Å². The molecule has 4 nitrogen and oxygen atoms in total. The summed E-state index contributed by atoms with van der Waals surface area (Å²) in [5.74, 6) is 0.640. The Morgan fingerprint density at radius 2 is 2.12 bits per heavy atom. The smallest absolute Gasteiger partial charge is 0.151 e. The summed E-state index contributed by atoms with van der Waals surface area (Å²) in [6, 6.07) is 9.83. The predicted octanol–water partition coefficient (Wildman–Crippen LogP) is 2.05. The zero-order chi connectivity index (χ0) is 11.8. The van der Waals surface area contributed by atoms with E-state index in [1.807, 2.05) is 37.3 Å². The Morgan fingerprint density at radius 1 is 1.44 bits per heavy atom. The molecular weight excluding hydrogens is 222 g/mol. The highest BCUT2D eigenvalue weighted by atomic mass is 32.2. The molecule has 0 amide bonds. The first-order valence-corrected chi connectivity index (χ1v) is 5.87. The van der Waals surface area contributed by atoms with Crippen molar-refractivity contribution in [3.63, 3.8) is 0 Å². The first kappa shape index (κ1) is 12.6. The Kier molecular flexibility index (Phi) is 5.42. The number of hydrogen-bond donors (Lipinski definition) is 2. The lowest BCUT2D eigenvalue weighted by Gasteiger charge is -2.01. The van der Waals surface area contributed by atoms with Crippen LogP contribution in [0.2, 0.25) is 0 Å².